The SMILES string of the molecule is C/C=C/C=C/C=C(/C=C(/C=C(\C)c1cc(CO)c(OCc2ccc(C=Nc3ccc(CCCCCCCC)cc3)cc2)c(CO)c1)c1cc(CO)c(OCc2ccc(C=Nc3ccc(CCCCCCCC)cc3)cc2)c(CO)c1)c1cc(CO)c(OCc2ccc(C=Nc3ccc(CCCCCCCC)cc3)cc2)c(CO)c1. The van der Waals surface area contributed by atoms with Gasteiger partial charge in [-0.1, -0.05) is 263 Å². The van der Waals surface area contributed by atoms with Crippen LogP contribution in [0.1, 0.15) is 250 Å². The summed E-state index contributed by atoms with van der Waals surface area (Å²) < 4.78 is 19.6. The maximum Gasteiger partial charge on any atom is 0.130 e. The Morgan fingerprint density at radius 1 is 0.307 bits per heavy atom. The van der Waals surface area contributed by atoms with Gasteiger partial charge in [0.05, 0.1) is 56.7 Å². The lowest BCUT2D eigenvalue weighted by atomic mass is 9.91. The summed E-state index contributed by atoms with van der Waals surface area (Å²) >= 11 is 0. The summed E-state index contributed by atoms with van der Waals surface area (Å²) in [6, 6.07) is 60.5. The van der Waals surface area contributed by atoms with Gasteiger partial charge in [0.1, 0.15) is 37.1 Å². The van der Waals surface area contributed by atoms with E-state index in [4.69, 9.17) is 29.2 Å². The van der Waals surface area contributed by atoms with E-state index in [1.165, 1.54) is 132 Å². The molecule has 0 aliphatic rings. The smallest absolute Gasteiger partial charge is 0.130 e. The van der Waals surface area contributed by atoms with Gasteiger partial charge in [0.25, 0.3) is 0 Å². The average molecular weight is 1530 g/mol. The zero-order valence-corrected chi connectivity index (χ0v) is 68.1. The third kappa shape index (κ3) is 28.7. The van der Waals surface area contributed by atoms with Crippen molar-refractivity contribution in [1.29, 1.82) is 0 Å². The molecule has 598 valence electrons. The van der Waals surface area contributed by atoms with Gasteiger partial charge in [-0.05, 0) is 215 Å². The predicted octanol–water partition coefficient (Wildman–Crippen LogP) is 24.0. The summed E-state index contributed by atoms with van der Waals surface area (Å²) in [7, 11) is 0. The van der Waals surface area contributed by atoms with Gasteiger partial charge in [-0.25, -0.2) is 0 Å². The maximum atomic E-state index is 11.3. The first kappa shape index (κ1) is 87.8. The minimum atomic E-state index is -0.418. The van der Waals surface area contributed by atoms with Crippen LogP contribution in [-0.4, -0.2) is 49.3 Å². The zero-order chi connectivity index (χ0) is 80.3. The standard InChI is InChI=1S/C102H121N3O9/c1-6-10-14-18-21-24-28-77-44-50-97(51-45-77)103-64-80-32-38-83(39-33-80)73-112-100-91(67-106)58-87(59-92(100)68-107)76(5)56-88(90-62-95(71-110)102(96(63-90)72-111)114-75-85-42-36-82(37-43-85)66-105-99-54-48-79(49-55-99)30-26-23-20-16-12-8-3)57-86(31-27-17-13-9-4)89-60-93(69-108)101(94(61-89)70-109)113-74-84-40-34-81(35-41-84)65-104-98-52-46-78(47-53-98)29-25-22-19-15-11-7-2/h9,13,17,27,31-66,106-111H,6-8,10-12,14-16,18-26,28-30,67-75H2,1-5H3/b13-9+,27-17+,76-56+,86-31-,88-57-,103-64?,104-65?,105-66?. The first-order valence-corrected chi connectivity index (χ1v) is 41.5. The van der Waals surface area contributed by atoms with Crippen molar-refractivity contribution in [3.63, 3.8) is 0 Å². The van der Waals surface area contributed by atoms with Gasteiger partial charge in [0, 0.05) is 52.0 Å². The highest BCUT2D eigenvalue weighted by molar-refractivity contribution is 5.93. The predicted molar refractivity (Wildman–Crippen MR) is 473 cm³/mol. The maximum absolute atomic E-state index is 11.3. The van der Waals surface area contributed by atoms with Crippen molar-refractivity contribution >= 4 is 52.4 Å². The molecular weight excluding hydrogens is 1410 g/mol. The molecule has 0 saturated heterocycles. The van der Waals surface area contributed by atoms with Crippen LogP contribution in [0.5, 0.6) is 17.2 Å². The minimum absolute atomic E-state index is 0.151. The highest BCUT2D eigenvalue weighted by atomic mass is 16.5. The third-order valence-electron chi connectivity index (χ3n) is 20.7. The molecule has 0 amide bonds. The second-order valence-electron chi connectivity index (χ2n) is 29.7. The molecule has 0 heterocycles. The number of aliphatic imine (C=N–C) groups is 3. The van der Waals surface area contributed by atoms with Crippen LogP contribution in [0.2, 0.25) is 0 Å². The monoisotopic (exact) mass is 1530 g/mol. The molecule has 0 atom stereocenters. The van der Waals surface area contributed by atoms with Gasteiger partial charge >= 0.3 is 0 Å². The van der Waals surface area contributed by atoms with E-state index in [0.29, 0.717) is 78.5 Å². The van der Waals surface area contributed by atoms with Crippen molar-refractivity contribution in [1.82, 2.24) is 0 Å². The van der Waals surface area contributed by atoms with Gasteiger partial charge in [-0.3, -0.25) is 15.0 Å². The number of benzene rings is 9. The number of rotatable bonds is 49. The molecule has 9 aromatic rings. The van der Waals surface area contributed by atoms with Crippen LogP contribution in [-0.2, 0) is 78.7 Å². The van der Waals surface area contributed by atoms with Crippen molar-refractivity contribution in [3.8, 4) is 17.2 Å². The Kier molecular flexibility index (Phi) is 38.1. The first-order chi connectivity index (χ1) is 56.0. The molecule has 0 bridgehead atoms. The lowest BCUT2D eigenvalue weighted by molar-refractivity contribution is 0.242. The molecule has 0 aromatic heterocycles. The summed E-state index contributed by atoms with van der Waals surface area (Å²) in [6.45, 7) is 8.74. The van der Waals surface area contributed by atoms with Gasteiger partial charge in [-0.15, -0.1) is 0 Å². The van der Waals surface area contributed by atoms with Crippen LogP contribution < -0.4 is 14.2 Å². The lowest BCUT2D eigenvalue weighted by Crippen LogP contribution is -2.05. The summed E-state index contributed by atoms with van der Waals surface area (Å²) in [5, 5.41) is 67.1. The van der Waals surface area contributed by atoms with Crippen LogP contribution in [0.4, 0.5) is 17.1 Å². The van der Waals surface area contributed by atoms with Crippen LogP contribution in [0, 0.1) is 0 Å². The number of ether oxygens (including phenoxy) is 3. The molecule has 9 aromatic carbocycles. The largest absolute Gasteiger partial charge is 0.488 e. The Hall–Kier alpha value is -10.2. The molecule has 9 rings (SSSR count). The number of unbranched alkanes of at least 4 members (excludes halogenated alkanes) is 15. The molecule has 6 N–H and O–H groups in total. The highest BCUT2D eigenvalue weighted by Crippen LogP contribution is 2.38. The fraction of sp³-hybridized carbons (Fsp3) is 0.343. The number of aryl methyl sites for hydroxylation is 3. The Labute approximate surface area is 679 Å². The molecule has 0 aliphatic carbocycles. The lowest BCUT2D eigenvalue weighted by Gasteiger charge is -2.19. The first-order valence-electron chi connectivity index (χ1n) is 41.5. The van der Waals surface area contributed by atoms with Crippen molar-refractivity contribution < 1.29 is 44.8 Å². The molecule has 0 unspecified atom stereocenters. The van der Waals surface area contributed by atoms with Gasteiger partial charge < -0.3 is 44.8 Å². The second kappa shape index (κ2) is 49.5. The number of hydrogen-bond acceptors (Lipinski definition) is 12. The minimum Gasteiger partial charge on any atom is -0.488 e. The molecule has 12 heteroatoms. The van der Waals surface area contributed by atoms with E-state index in [-0.39, 0.29) is 33.0 Å². The van der Waals surface area contributed by atoms with Crippen molar-refractivity contribution in [2.45, 2.75) is 229 Å². The van der Waals surface area contributed by atoms with Crippen molar-refractivity contribution in [2.24, 2.45) is 15.0 Å². The van der Waals surface area contributed by atoms with Gasteiger partial charge in [0.15, 0.2) is 0 Å². The number of allylic oxidation sites excluding steroid dienone is 10. The van der Waals surface area contributed by atoms with Crippen LogP contribution in [0.3, 0.4) is 0 Å². The van der Waals surface area contributed by atoms with E-state index in [0.717, 1.165) is 75.3 Å². The highest BCUT2D eigenvalue weighted by Gasteiger charge is 2.20. The Morgan fingerprint density at radius 3 is 0.886 bits per heavy atom. The summed E-state index contributed by atoms with van der Waals surface area (Å²) in [6.07, 6.45) is 45.3. The van der Waals surface area contributed by atoms with Crippen LogP contribution >= 0.6 is 0 Å². The van der Waals surface area contributed by atoms with E-state index in [2.05, 4.69) is 93.6 Å². The number of hydrogen-bond donors (Lipinski definition) is 6. The van der Waals surface area contributed by atoms with Crippen LogP contribution in [0.25, 0.3) is 16.7 Å². The molecule has 0 spiro atoms. The van der Waals surface area contributed by atoms with E-state index < -0.39 is 26.4 Å². The number of nitrogens with zero attached hydrogens (tertiary/aromatic N) is 3. The van der Waals surface area contributed by atoms with Crippen molar-refractivity contribution in [3.05, 3.63) is 325 Å². The third-order valence-corrected chi connectivity index (χ3v) is 20.7. The molecule has 0 saturated carbocycles. The molecular formula is C102H121N3O9. The number of aliphatic hydroxyl groups is 6. The summed E-state index contributed by atoms with van der Waals surface area (Å²) in [5.41, 5.74) is 18.9. The molecule has 0 fully saturated rings. The molecule has 0 aliphatic heterocycles. The van der Waals surface area contributed by atoms with Gasteiger partial charge in [0.2, 0.25) is 0 Å². The molecule has 0 radical (unpaired) electrons. The fourth-order valence-electron chi connectivity index (χ4n) is 13.9. The average Bonchev–Trinajstić information content (AvgIpc) is 0.781. The topological polar surface area (TPSA) is 186 Å². The van der Waals surface area contributed by atoms with E-state index >= 15 is 0 Å². The molecule has 114 heavy (non-hydrogen) atoms. The summed E-state index contributed by atoms with van der Waals surface area (Å²) in [4.78, 5) is 14.3. The van der Waals surface area contributed by atoms with Crippen molar-refractivity contribution in [2.75, 3.05) is 0 Å². The second-order valence-corrected chi connectivity index (χ2v) is 29.7. The van der Waals surface area contributed by atoms with E-state index in [9.17, 15) is 30.6 Å². The normalized spacial score (nSPS) is 12.3. The Balaban J connectivity index is 0.980. The Bertz CT molecular complexity index is 4550. The van der Waals surface area contributed by atoms with E-state index in [1.54, 1.807) is 0 Å². The fourth-order valence-corrected chi connectivity index (χ4v) is 13.9. The quantitative estimate of drug-likeness (QED) is 0.0123. The molecule has 12 nitrogen and oxygen atoms in total. The summed E-state index contributed by atoms with van der Waals surface area (Å²) in [5.74, 6) is 1.10. The van der Waals surface area contributed by atoms with Gasteiger partial charge in [-0.2, -0.15) is 0 Å². The zero-order valence-electron chi connectivity index (χ0n) is 68.1. The Morgan fingerprint density at radius 2 is 0.588 bits per heavy atom. The van der Waals surface area contributed by atoms with Crippen LogP contribution in [0.15, 0.2) is 240 Å². The number of aliphatic hydroxyl groups excluding tert-OH is 6. The van der Waals surface area contributed by atoms with E-state index in [1.807, 2.05) is 184 Å².